The summed E-state index contributed by atoms with van der Waals surface area (Å²) in [5.74, 6) is 4.75. The Labute approximate surface area is 118 Å². The second kappa shape index (κ2) is 5.77. The van der Waals surface area contributed by atoms with Gasteiger partial charge in [0.25, 0.3) is 0 Å². The molecule has 2 aromatic carbocycles. The second-order valence-electron chi connectivity index (χ2n) is 4.24. The van der Waals surface area contributed by atoms with E-state index < -0.39 is 11.9 Å². The van der Waals surface area contributed by atoms with Gasteiger partial charge in [-0.05, 0) is 42.3 Å². The van der Waals surface area contributed by atoms with Crippen LogP contribution >= 0.6 is 15.9 Å². The summed E-state index contributed by atoms with van der Waals surface area (Å²) in [6, 6.07) is 8.41. The third kappa shape index (κ3) is 2.83. The molecule has 0 aliphatic rings. The largest absolute Gasteiger partial charge is 0.271 e. The van der Waals surface area contributed by atoms with E-state index in [1.165, 1.54) is 18.2 Å². The number of aryl methyl sites for hydroxylation is 1. The van der Waals surface area contributed by atoms with Crippen LogP contribution in [0.15, 0.2) is 40.9 Å². The van der Waals surface area contributed by atoms with Gasteiger partial charge in [-0.25, -0.2) is 14.2 Å². The molecule has 2 aromatic rings. The minimum atomic E-state index is -0.619. The summed E-state index contributed by atoms with van der Waals surface area (Å²) in [4.78, 5) is 0. The molecule has 1 unspecified atom stereocenters. The highest BCUT2D eigenvalue weighted by atomic mass is 79.9. The van der Waals surface area contributed by atoms with Gasteiger partial charge in [-0.2, -0.15) is 0 Å². The Balaban J connectivity index is 2.59. The predicted molar refractivity (Wildman–Crippen MR) is 74.4 cm³/mol. The first kappa shape index (κ1) is 14.1. The van der Waals surface area contributed by atoms with E-state index in [2.05, 4.69) is 21.4 Å². The molecule has 0 radical (unpaired) electrons. The lowest BCUT2D eigenvalue weighted by Crippen LogP contribution is -2.30. The number of nitrogens with one attached hydrogen (secondary N) is 1. The smallest absolute Gasteiger partial charge is 0.129 e. The Morgan fingerprint density at radius 1 is 1.21 bits per heavy atom. The zero-order chi connectivity index (χ0) is 14.0. The van der Waals surface area contributed by atoms with E-state index >= 15 is 0 Å². The highest BCUT2D eigenvalue weighted by Gasteiger charge is 2.21. The van der Waals surface area contributed by atoms with Crippen LogP contribution in [-0.2, 0) is 0 Å². The Bertz CT molecular complexity index is 582. The van der Waals surface area contributed by atoms with Crippen LogP contribution in [0, 0.1) is 18.6 Å². The molecule has 1 atom stereocenters. The van der Waals surface area contributed by atoms with Crippen molar-refractivity contribution in [1.82, 2.24) is 5.43 Å². The van der Waals surface area contributed by atoms with Gasteiger partial charge in [0.1, 0.15) is 11.6 Å². The molecule has 19 heavy (non-hydrogen) atoms. The molecular weight excluding hydrogens is 314 g/mol. The van der Waals surface area contributed by atoms with E-state index in [-0.39, 0.29) is 5.82 Å². The number of benzene rings is 2. The lowest BCUT2D eigenvalue weighted by Gasteiger charge is -2.21. The summed E-state index contributed by atoms with van der Waals surface area (Å²) in [5, 5.41) is 0. The SMILES string of the molecule is Cc1ccc(F)cc1C(NN)c1c(F)cccc1Br. The minimum absolute atomic E-state index is 0.360. The van der Waals surface area contributed by atoms with Crippen molar-refractivity contribution in [2.45, 2.75) is 13.0 Å². The van der Waals surface area contributed by atoms with Crippen LogP contribution in [0.4, 0.5) is 8.78 Å². The van der Waals surface area contributed by atoms with Crippen molar-refractivity contribution in [2.75, 3.05) is 0 Å². The summed E-state index contributed by atoms with van der Waals surface area (Å²) in [5.41, 5.74) is 4.35. The predicted octanol–water partition coefficient (Wildman–Crippen LogP) is 3.59. The molecule has 0 heterocycles. The molecule has 0 amide bonds. The minimum Gasteiger partial charge on any atom is -0.271 e. The fourth-order valence-corrected chi connectivity index (χ4v) is 2.61. The van der Waals surface area contributed by atoms with Crippen LogP contribution in [0.2, 0.25) is 0 Å². The van der Waals surface area contributed by atoms with Crippen LogP contribution in [0.25, 0.3) is 0 Å². The molecule has 0 aromatic heterocycles. The third-order valence-corrected chi connectivity index (χ3v) is 3.70. The zero-order valence-corrected chi connectivity index (χ0v) is 11.8. The summed E-state index contributed by atoms with van der Waals surface area (Å²) in [6.45, 7) is 1.83. The molecule has 2 rings (SSSR count). The van der Waals surface area contributed by atoms with Gasteiger partial charge in [-0.15, -0.1) is 0 Å². The molecule has 0 aliphatic carbocycles. The van der Waals surface area contributed by atoms with E-state index in [4.69, 9.17) is 5.84 Å². The number of nitrogens with two attached hydrogens (primary N) is 1. The van der Waals surface area contributed by atoms with Crippen molar-refractivity contribution in [1.29, 1.82) is 0 Å². The van der Waals surface area contributed by atoms with Gasteiger partial charge in [0.05, 0.1) is 6.04 Å². The average Bonchev–Trinajstić information content (AvgIpc) is 2.37. The van der Waals surface area contributed by atoms with Gasteiger partial charge in [0.15, 0.2) is 0 Å². The van der Waals surface area contributed by atoms with E-state index in [1.807, 2.05) is 6.92 Å². The normalized spacial score (nSPS) is 12.5. The van der Waals surface area contributed by atoms with Crippen molar-refractivity contribution in [3.8, 4) is 0 Å². The first-order valence-corrected chi connectivity index (χ1v) is 6.50. The monoisotopic (exact) mass is 326 g/mol. The first-order valence-electron chi connectivity index (χ1n) is 5.70. The molecule has 5 heteroatoms. The van der Waals surface area contributed by atoms with Crippen molar-refractivity contribution < 1.29 is 8.78 Å². The highest BCUT2D eigenvalue weighted by Crippen LogP contribution is 2.32. The lowest BCUT2D eigenvalue weighted by atomic mass is 9.95. The van der Waals surface area contributed by atoms with Gasteiger partial charge in [0, 0.05) is 10.0 Å². The summed E-state index contributed by atoms with van der Waals surface area (Å²) in [6.07, 6.45) is 0. The number of hydrazine groups is 1. The number of hydrogen-bond donors (Lipinski definition) is 2. The Morgan fingerprint density at radius 2 is 1.95 bits per heavy atom. The standard InChI is InChI=1S/C14H13BrF2N2/c1-8-5-6-9(16)7-10(8)14(19-18)13-11(15)3-2-4-12(13)17/h2-7,14,19H,18H2,1H3. The summed E-state index contributed by atoms with van der Waals surface area (Å²) < 4.78 is 28.0. The number of halogens is 3. The molecular formula is C14H13BrF2N2. The fraction of sp³-hybridized carbons (Fsp3) is 0.143. The van der Waals surface area contributed by atoms with Gasteiger partial charge in [0.2, 0.25) is 0 Å². The van der Waals surface area contributed by atoms with Crippen molar-refractivity contribution >= 4 is 15.9 Å². The van der Waals surface area contributed by atoms with E-state index in [0.29, 0.717) is 15.6 Å². The Hall–Kier alpha value is -1.30. The van der Waals surface area contributed by atoms with Crippen LogP contribution in [-0.4, -0.2) is 0 Å². The van der Waals surface area contributed by atoms with Crippen molar-refractivity contribution in [3.05, 3.63) is 69.2 Å². The maximum absolute atomic E-state index is 14.0. The van der Waals surface area contributed by atoms with Gasteiger partial charge in [-0.3, -0.25) is 5.84 Å². The molecule has 0 spiro atoms. The summed E-state index contributed by atoms with van der Waals surface area (Å²) >= 11 is 3.30. The van der Waals surface area contributed by atoms with E-state index in [1.54, 1.807) is 18.2 Å². The lowest BCUT2D eigenvalue weighted by molar-refractivity contribution is 0.552. The zero-order valence-electron chi connectivity index (χ0n) is 10.3. The van der Waals surface area contributed by atoms with Crippen molar-refractivity contribution in [2.24, 2.45) is 5.84 Å². The molecule has 0 fully saturated rings. The molecule has 0 bridgehead atoms. The van der Waals surface area contributed by atoms with E-state index in [0.717, 1.165) is 5.56 Å². The molecule has 100 valence electrons. The number of hydrogen-bond acceptors (Lipinski definition) is 2. The Morgan fingerprint density at radius 3 is 2.58 bits per heavy atom. The van der Waals surface area contributed by atoms with Crippen LogP contribution < -0.4 is 11.3 Å². The van der Waals surface area contributed by atoms with Crippen LogP contribution in [0.3, 0.4) is 0 Å². The van der Waals surface area contributed by atoms with Gasteiger partial charge >= 0.3 is 0 Å². The van der Waals surface area contributed by atoms with E-state index in [9.17, 15) is 8.78 Å². The quantitative estimate of drug-likeness (QED) is 0.668. The molecule has 0 saturated heterocycles. The molecule has 0 aliphatic heterocycles. The van der Waals surface area contributed by atoms with Crippen LogP contribution in [0.1, 0.15) is 22.7 Å². The molecule has 2 nitrogen and oxygen atoms in total. The number of rotatable bonds is 3. The second-order valence-corrected chi connectivity index (χ2v) is 5.09. The van der Waals surface area contributed by atoms with Gasteiger partial charge in [-0.1, -0.05) is 28.1 Å². The molecule has 3 N–H and O–H groups in total. The van der Waals surface area contributed by atoms with Crippen molar-refractivity contribution in [3.63, 3.8) is 0 Å². The summed E-state index contributed by atoms with van der Waals surface area (Å²) in [7, 11) is 0. The Kier molecular flexibility index (Phi) is 4.29. The highest BCUT2D eigenvalue weighted by molar-refractivity contribution is 9.10. The average molecular weight is 327 g/mol. The first-order chi connectivity index (χ1) is 9.04. The third-order valence-electron chi connectivity index (χ3n) is 3.01. The maximum atomic E-state index is 14.0. The maximum Gasteiger partial charge on any atom is 0.129 e. The fourth-order valence-electron chi connectivity index (χ4n) is 2.04. The topological polar surface area (TPSA) is 38.0 Å². The van der Waals surface area contributed by atoms with Gasteiger partial charge < -0.3 is 0 Å². The van der Waals surface area contributed by atoms with Crippen LogP contribution in [0.5, 0.6) is 0 Å². The molecule has 0 saturated carbocycles.